The molecule has 0 aromatic heterocycles. The van der Waals surface area contributed by atoms with E-state index in [-0.39, 0.29) is 11.5 Å². The van der Waals surface area contributed by atoms with Crippen LogP contribution in [0.25, 0.3) is 0 Å². The average molecular weight is 374 g/mol. The molecule has 1 aromatic carbocycles. The number of rotatable bonds is 2. The van der Waals surface area contributed by atoms with Crippen LogP contribution in [-0.4, -0.2) is 22.0 Å². The van der Waals surface area contributed by atoms with E-state index >= 15 is 0 Å². The molecule has 2 aliphatic rings. The van der Waals surface area contributed by atoms with Gasteiger partial charge in [-0.05, 0) is 81.8 Å². The number of fused-ring (bicyclic) bond motifs is 1. The molecule has 25 heavy (non-hydrogen) atoms. The Morgan fingerprint density at radius 1 is 1.20 bits per heavy atom. The summed E-state index contributed by atoms with van der Waals surface area (Å²) in [7, 11) is -1.34. The fourth-order valence-corrected chi connectivity index (χ4v) is 4.82. The molecule has 1 aromatic rings. The Kier molecular flexibility index (Phi) is 4.79. The van der Waals surface area contributed by atoms with E-state index in [1.54, 1.807) is 6.07 Å². The maximum Gasteiger partial charge on any atom is 0.416 e. The third-order valence-electron chi connectivity index (χ3n) is 5.32. The van der Waals surface area contributed by atoms with Crippen LogP contribution in [0.4, 0.5) is 13.2 Å². The van der Waals surface area contributed by atoms with Crippen molar-refractivity contribution in [2.45, 2.75) is 57.0 Å². The maximum atomic E-state index is 13.2. The number of halogens is 3. The van der Waals surface area contributed by atoms with Gasteiger partial charge in [-0.15, -0.1) is 0 Å². The molecule has 0 bridgehead atoms. The summed E-state index contributed by atoms with van der Waals surface area (Å²) in [6.07, 6.45) is -1.90. The van der Waals surface area contributed by atoms with Crippen molar-refractivity contribution in [3.05, 3.63) is 34.9 Å². The lowest BCUT2D eigenvalue weighted by Gasteiger charge is -2.40. The molecule has 3 nitrogen and oxygen atoms in total. The minimum atomic E-state index is -4.37. The first-order valence-corrected chi connectivity index (χ1v) is 9.77. The van der Waals surface area contributed by atoms with Crippen LogP contribution in [0, 0.1) is 5.41 Å². The summed E-state index contributed by atoms with van der Waals surface area (Å²) in [5.41, 5.74) is 0.803. The Hall–Kier alpha value is -0.920. The van der Waals surface area contributed by atoms with Gasteiger partial charge in [0, 0.05) is 0 Å². The molecule has 1 saturated heterocycles. The highest BCUT2D eigenvalue weighted by atomic mass is 32.2. The normalized spacial score (nSPS) is 24.3. The summed E-state index contributed by atoms with van der Waals surface area (Å²) in [6.45, 7) is 7.27. The van der Waals surface area contributed by atoms with Gasteiger partial charge in [-0.25, -0.2) is 8.93 Å². The second kappa shape index (κ2) is 6.35. The lowest BCUT2D eigenvalue weighted by atomic mass is 9.73. The highest BCUT2D eigenvalue weighted by Gasteiger charge is 2.48. The van der Waals surface area contributed by atoms with E-state index in [4.69, 9.17) is 0 Å². The van der Waals surface area contributed by atoms with Crippen molar-refractivity contribution in [1.29, 1.82) is 0 Å². The highest BCUT2D eigenvalue weighted by Crippen LogP contribution is 2.52. The fourth-order valence-electron chi connectivity index (χ4n) is 3.87. The lowest BCUT2D eigenvalue weighted by Crippen LogP contribution is -2.46. The van der Waals surface area contributed by atoms with Crippen LogP contribution in [0.3, 0.4) is 0 Å². The lowest BCUT2D eigenvalue weighted by molar-refractivity contribution is -0.137. The predicted molar refractivity (Wildman–Crippen MR) is 93.5 cm³/mol. The van der Waals surface area contributed by atoms with Crippen LogP contribution in [0.2, 0.25) is 0 Å². The second-order valence-electron chi connectivity index (χ2n) is 8.13. The zero-order valence-corrected chi connectivity index (χ0v) is 15.6. The quantitative estimate of drug-likeness (QED) is 0.828. The first kappa shape index (κ1) is 18.9. The Bertz CT molecular complexity index is 676. The molecule has 140 valence electrons. The number of alkyl halides is 3. The Morgan fingerprint density at radius 3 is 2.40 bits per heavy atom. The molecule has 1 unspecified atom stereocenters. The van der Waals surface area contributed by atoms with Crippen molar-refractivity contribution in [2.75, 3.05) is 13.1 Å². The van der Waals surface area contributed by atoms with Crippen molar-refractivity contribution in [1.82, 2.24) is 10.0 Å². The average Bonchev–Trinajstić information content (AvgIpc) is 2.79. The molecule has 0 radical (unpaired) electrons. The molecule has 1 fully saturated rings. The summed E-state index contributed by atoms with van der Waals surface area (Å²) in [4.78, 5) is 0. The molecule has 3 rings (SSSR count). The van der Waals surface area contributed by atoms with Crippen molar-refractivity contribution in [2.24, 2.45) is 5.41 Å². The van der Waals surface area contributed by atoms with Gasteiger partial charge in [0.15, 0.2) is 0 Å². The van der Waals surface area contributed by atoms with E-state index in [1.807, 2.05) is 20.8 Å². The van der Waals surface area contributed by atoms with E-state index in [0.717, 1.165) is 44.0 Å². The van der Waals surface area contributed by atoms with Gasteiger partial charge in [0.2, 0.25) is 0 Å². The molecule has 7 heteroatoms. The Balaban J connectivity index is 2.02. The van der Waals surface area contributed by atoms with Gasteiger partial charge in [-0.3, -0.25) is 0 Å². The van der Waals surface area contributed by atoms with E-state index in [9.17, 15) is 17.4 Å². The number of benzene rings is 1. The number of hydrogen-bond acceptors (Lipinski definition) is 2. The molecule has 1 spiro atoms. The molecule has 2 N–H and O–H groups in total. The van der Waals surface area contributed by atoms with Crippen molar-refractivity contribution < 1.29 is 17.4 Å². The van der Waals surface area contributed by atoms with Crippen molar-refractivity contribution >= 4 is 11.0 Å². The summed E-state index contributed by atoms with van der Waals surface area (Å²) in [5, 5.41) is 3.32. The molecule has 2 atom stereocenters. The van der Waals surface area contributed by atoms with Gasteiger partial charge < -0.3 is 5.32 Å². The zero-order valence-electron chi connectivity index (χ0n) is 14.8. The van der Waals surface area contributed by atoms with Crippen LogP contribution in [0.5, 0.6) is 0 Å². The third-order valence-corrected chi connectivity index (χ3v) is 6.88. The van der Waals surface area contributed by atoms with Crippen LogP contribution >= 0.6 is 0 Å². The summed E-state index contributed by atoms with van der Waals surface area (Å²) in [5.74, 6) is 0. The maximum absolute atomic E-state index is 13.2. The zero-order chi connectivity index (χ0) is 18.5. The van der Waals surface area contributed by atoms with Gasteiger partial charge in [-0.1, -0.05) is 6.07 Å². The van der Waals surface area contributed by atoms with Gasteiger partial charge in [0.1, 0.15) is 0 Å². The van der Waals surface area contributed by atoms with E-state index in [2.05, 4.69) is 10.0 Å². The largest absolute Gasteiger partial charge is 0.416 e. The van der Waals surface area contributed by atoms with Gasteiger partial charge in [0.05, 0.1) is 27.3 Å². The minimum Gasteiger partial charge on any atom is -0.317 e. The smallest absolute Gasteiger partial charge is 0.317 e. The number of hydrogen-bond donors (Lipinski definition) is 2. The standard InChI is InChI=1S/C18H25F3N2OS/c1-16(2,3)25(24)23-15-14-10-13(18(19,20)21)5-4-12(14)11-17(15)6-8-22-9-7-17/h4-5,10,15,22-23H,6-9,11H2,1-3H3/t15?,25-/m1/s1. The molecular formula is C18H25F3N2OS. The van der Waals surface area contributed by atoms with Gasteiger partial charge >= 0.3 is 6.18 Å². The summed E-state index contributed by atoms with van der Waals surface area (Å²) >= 11 is 0. The molecule has 1 heterocycles. The molecule has 1 aliphatic carbocycles. The number of nitrogens with one attached hydrogen (secondary N) is 2. The Labute approximate surface area is 149 Å². The Morgan fingerprint density at radius 2 is 1.84 bits per heavy atom. The van der Waals surface area contributed by atoms with E-state index < -0.39 is 27.5 Å². The molecule has 0 saturated carbocycles. The minimum absolute atomic E-state index is 0.168. The van der Waals surface area contributed by atoms with E-state index in [1.165, 1.54) is 6.07 Å². The van der Waals surface area contributed by atoms with Crippen LogP contribution in [0.1, 0.15) is 56.3 Å². The monoisotopic (exact) mass is 374 g/mol. The van der Waals surface area contributed by atoms with Crippen LogP contribution in [-0.2, 0) is 23.6 Å². The van der Waals surface area contributed by atoms with Gasteiger partial charge in [0.25, 0.3) is 0 Å². The highest BCUT2D eigenvalue weighted by molar-refractivity contribution is 7.84. The fraction of sp³-hybridized carbons (Fsp3) is 0.667. The first-order valence-electron chi connectivity index (χ1n) is 8.62. The summed E-state index contributed by atoms with van der Waals surface area (Å²) < 4.78 is 55.0. The SMILES string of the molecule is CC(C)(C)[S@@](=O)NC1c2cc(C(F)(F)F)ccc2CC12CCNCC2. The van der Waals surface area contributed by atoms with E-state index in [0.29, 0.717) is 5.56 Å². The molecule has 0 amide bonds. The number of piperidine rings is 1. The summed E-state index contributed by atoms with van der Waals surface area (Å²) in [6, 6.07) is 3.70. The molecule has 1 aliphatic heterocycles. The topological polar surface area (TPSA) is 41.1 Å². The molecular weight excluding hydrogens is 349 g/mol. The van der Waals surface area contributed by atoms with Crippen LogP contribution < -0.4 is 10.0 Å². The van der Waals surface area contributed by atoms with Gasteiger partial charge in [-0.2, -0.15) is 13.2 Å². The van der Waals surface area contributed by atoms with Crippen molar-refractivity contribution in [3.63, 3.8) is 0 Å². The third kappa shape index (κ3) is 3.64. The van der Waals surface area contributed by atoms with Crippen LogP contribution in [0.15, 0.2) is 18.2 Å². The van der Waals surface area contributed by atoms with Crippen molar-refractivity contribution in [3.8, 4) is 0 Å². The second-order valence-corrected chi connectivity index (χ2v) is 10.1. The first-order chi connectivity index (χ1) is 11.5. The predicted octanol–water partition coefficient (Wildman–Crippen LogP) is 3.72.